The fraction of sp³-hybridized carbons (Fsp3) is 0.688. The number of carbonyl (C=O) groups is 5. The number of carboxylic acids is 1. The molecule has 0 saturated heterocycles. The van der Waals surface area contributed by atoms with Crippen LogP contribution in [0.2, 0.25) is 0 Å². The van der Waals surface area contributed by atoms with E-state index in [1.54, 1.807) is 14.1 Å². The molecule has 11 nitrogen and oxygen atoms in total. The molecule has 0 aromatic rings. The summed E-state index contributed by atoms with van der Waals surface area (Å²) >= 11 is 0. The van der Waals surface area contributed by atoms with E-state index in [4.69, 9.17) is 5.11 Å². The predicted octanol–water partition coefficient (Wildman–Crippen LogP) is -1.62. The summed E-state index contributed by atoms with van der Waals surface area (Å²) in [4.78, 5) is 50.7. The van der Waals surface area contributed by atoms with E-state index in [1.165, 1.54) is 27.9 Å². The van der Waals surface area contributed by atoms with Gasteiger partial charge in [-0.3, -0.25) is 14.4 Å². The van der Waals surface area contributed by atoms with E-state index in [1.807, 2.05) is 0 Å². The second-order valence-corrected chi connectivity index (χ2v) is 4.35. The summed E-state index contributed by atoms with van der Waals surface area (Å²) in [5.74, 6) is -1.02. The number of ketones is 2. The van der Waals surface area contributed by atoms with Crippen LogP contribution in [0.5, 0.6) is 0 Å². The molecule has 9 N–H and O–H groups in total. The lowest BCUT2D eigenvalue weighted by molar-refractivity contribution is -0.135. The molecule has 0 aliphatic rings. The van der Waals surface area contributed by atoms with E-state index in [-0.39, 0.29) is 29.9 Å². The number of rotatable bonds is 7. The third-order valence-corrected chi connectivity index (χ3v) is 2.14. The number of Topliss-reactive ketones (excluding diaryl/α,β-unsaturated/α-hetero) is 2. The smallest absolute Gasteiger partial charge is 0.317 e. The van der Waals surface area contributed by atoms with Gasteiger partial charge in [-0.1, -0.05) is 0 Å². The highest BCUT2D eigenvalue weighted by atomic mass is 16.4. The zero-order chi connectivity index (χ0) is 22.8. The minimum atomic E-state index is -0.968. The van der Waals surface area contributed by atoms with Gasteiger partial charge in [0.15, 0.2) is 0 Å². The number of nitrogens with two attached hydrogens (primary N) is 3. The first-order valence-corrected chi connectivity index (χ1v) is 8.07. The van der Waals surface area contributed by atoms with E-state index in [2.05, 4.69) is 27.8 Å². The van der Waals surface area contributed by atoms with Gasteiger partial charge in [0.2, 0.25) is 11.8 Å². The molecule has 0 aliphatic carbocycles. The minimum absolute atomic E-state index is 0.0543. The van der Waals surface area contributed by atoms with Crippen molar-refractivity contribution in [2.75, 3.05) is 34.7 Å². The molecule has 0 bridgehead atoms. The number of amides is 2. The molecule has 2 amide bonds. The third-order valence-electron chi connectivity index (χ3n) is 2.14. The van der Waals surface area contributed by atoms with Crippen molar-refractivity contribution in [2.45, 2.75) is 39.5 Å². The molecular weight excluding hydrogens is 358 g/mol. The molecule has 0 rings (SSSR count). The standard InChI is InChI=1S/2C6H11NO2.C2H5NO2.2CH5N/c2*1-5(8)3-4-6(9)7-2;3-1-2(4)5;2*1-2/h2*3-4H2,1-2H3,(H,7,9);1,3H2,(H,4,5);2*2H2,1H3. The number of hydrogen-bond acceptors (Lipinski definition) is 8. The van der Waals surface area contributed by atoms with Crippen molar-refractivity contribution in [1.29, 1.82) is 0 Å². The van der Waals surface area contributed by atoms with Gasteiger partial charge < -0.3 is 42.5 Å². The van der Waals surface area contributed by atoms with Crippen LogP contribution >= 0.6 is 0 Å². The Balaban J connectivity index is -0.0000000844. The molecule has 0 aliphatic heterocycles. The normalized spacial score (nSPS) is 7.59. The van der Waals surface area contributed by atoms with Gasteiger partial charge in [-0.2, -0.15) is 0 Å². The number of aliphatic carboxylic acids is 1. The lowest BCUT2D eigenvalue weighted by atomic mass is 10.2. The van der Waals surface area contributed by atoms with Crippen LogP contribution in [-0.2, 0) is 24.0 Å². The summed E-state index contributed by atoms with van der Waals surface area (Å²) in [5, 5.41) is 12.5. The monoisotopic (exact) mass is 395 g/mol. The topological polar surface area (TPSA) is 208 Å². The maximum Gasteiger partial charge on any atom is 0.317 e. The Morgan fingerprint density at radius 3 is 1.04 bits per heavy atom. The second kappa shape index (κ2) is 31.4. The van der Waals surface area contributed by atoms with E-state index in [0.717, 1.165) is 0 Å². The number of carboxylic acid groups (broad SMARTS) is 1. The Morgan fingerprint density at radius 1 is 0.704 bits per heavy atom. The highest BCUT2D eigenvalue weighted by molar-refractivity contribution is 5.83. The maximum atomic E-state index is 10.5. The summed E-state index contributed by atoms with van der Waals surface area (Å²) in [5.41, 5.74) is 13.6. The van der Waals surface area contributed by atoms with E-state index >= 15 is 0 Å². The van der Waals surface area contributed by atoms with Gasteiger partial charge >= 0.3 is 5.97 Å². The SMILES string of the molecule is CN.CN.CNC(=O)CCC(C)=O.CNC(=O)CCC(C)=O.NCC(=O)O. The van der Waals surface area contributed by atoms with Crippen LogP contribution in [0.1, 0.15) is 39.5 Å². The molecule has 0 radical (unpaired) electrons. The molecule has 0 unspecified atom stereocenters. The Morgan fingerprint density at radius 2 is 0.926 bits per heavy atom. The summed E-state index contributed by atoms with van der Waals surface area (Å²) in [6, 6.07) is 0. The molecule has 0 heterocycles. The molecule has 162 valence electrons. The fourth-order valence-electron chi connectivity index (χ4n) is 0.829. The van der Waals surface area contributed by atoms with Crippen LogP contribution in [0, 0.1) is 0 Å². The first kappa shape index (κ1) is 35.7. The zero-order valence-electron chi connectivity index (χ0n) is 17.3. The van der Waals surface area contributed by atoms with Crippen molar-refractivity contribution < 1.29 is 29.1 Å². The zero-order valence-corrected chi connectivity index (χ0v) is 17.3. The van der Waals surface area contributed by atoms with Crippen molar-refractivity contribution in [2.24, 2.45) is 17.2 Å². The average molecular weight is 396 g/mol. The number of nitrogens with one attached hydrogen (secondary N) is 2. The third kappa shape index (κ3) is 59.5. The second-order valence-electron chi connectivity index (χ2n) is 4.35. The van der Waals surface area contributed by atoms with Gasteiger partial charge in [0, 0.05) is 39.8 Å². The highest BCUT2D eigenvalue weighted by Gasteiger charge is 1.99. The molecular formula is C16H37N5O6. The van der Waals surface area contributed by atoms with Crippen LogP contribution in [0.3, 0.4) is 0 Å². The van der Waals surface area contributed by atoms with Gasteiger partial charge in [0.05, 0.1) is 6.54 Å². The maximum absolute atomic E-state index is 10.5. The summed E-state index contributed by atoms with van der Waals surface area (Å²) < 4.78 is 0. The minimum Gasteiger partial charge on any atom is -0.480 e. The first-order valence-electron chi connectivity index (χ1n) is 8.07. The van der Waals surface area contributed by atoms with Crippen LogP contribution in [0.4, 0.5) is 0 Å². The molecule has 0 fully saturated rings. The number of carbonyl (C=O) groups excluding carboxylic acids is 4. The van der Waals surface area contributed by atoms with Crippen LogP contribution < -0.4 is 27.8 Å². The van der Waals surface area contributed by atoms with Crippen molar-refractivity contribution in [3.8, 4) is 0 Å². The lowest BCUT2D eigenvalue weighted by Gasteiger charge is -1.93. The summed E-state index contributed by atoms with van der Waals surface area (Å²) in [6.45, 7) is 2.67. The van der Waals surface area contributed by atoms with Crippen molar-refractivity contribution in [1.82, 2.24) is 10.6 Å². The quantitative estimate of drug-likeness (QED) is 0.292. The molecule has 11 heteroatoms. The molecule has 0 spiro atoms. The fourth-order valence-corrected chi connectivity index (χ4v) is 0.829. The van der Waals surface area contributed by atoms with Crippen LogP contribution in [0.25, 0.3) is 0 Å². The van der Waals surface area contributed by atoms with Crippen molar-refractivity contribution in [3.05, 3.63) is 0 Å². The Hall–Kier alpha value is -2.37. The predicted molar refractivity (Wildman–Crippen MR) is 105 cm³/mol. The highest BCUT2D eigenvalue weighted by Crippen LogP contribution is 1.88. The van der Waals surface area contributed by atoms with Crippen molar-refractivity contribution >= 4 is 29.4 Å². The van der Waals surface area contributed by atoms with Gasteiger partial charge in [0.1, 0.15) is 11.6 Å². The van der Waals surface area contributed by atoms with E-state index < -0.39 is 5.97 Å². The van der Waals surface area contributed by atoms with Crippen LogP contribution in [0.15, 0.2) is 0 Å². The van der Waals surface area contributed by atoms with E-state index in [9.17, 15) is 24.0 Å². The van der Waals surface area contributed by atoms with E-state index in [0.29, 0.717) is 25.7 Å². The van der Waals surface area contributed by atoms with Gasteiger partial charge in [-0.15, -0.1) is 0 Å². The average Bonchev–Trinajstić information content (AvgIpc) is 2.67. The Labute approximate surface area is 161 Å². The largest absolute Gasteiger partial charge is 0.480 e. The van der Waals surface area contributed by atoms with Gasteiger partial charge in [-0.25, -0.2) is 0 Å². The molecule has 0 aromatic heterocycles. The molecule has 0 saturated carbocycles. The molecule has 0 aromatic carbocycles. The summed E-state index contributed by atoms with van der Waals surface area (Å²) in [6.07, 6.45) is 1.32. The van der Waals surface area contributed by atoms with Gasteiger partial charge in [-0.05, 0) is 27.9 Å². The van der Waals surface area contributed by atoms with Gasteiger partial charge in [0.25, 0.3) is 0 Å². The Kier molecular flexibility index (Phi) is 41.5. The van der Waals surface area contributed by atoms with Crippen molar-refractivity contribution in [3.63, 3.8) is 0 Å². The number of hydrogen-bond donors (Lipinski definition) is 6. The first-order chi connectivity index (χ1) is 12.6. The van der Waals surface area contributed by atoms with Crippen LogP contribution in [-0.4, -0.2) is 69.2 Å². The molecule has 27 heavy (non-hydrogen) atoms. The molecule has 0 atom stereocenters. The lowest BCUT2D eigenvalue weighted by Crippen LogP contribution is -2.17. The Bertz CT molecular complexity index is 373. The summed E-state index contributed by atoms with van der Waals surface area (Å²) in [7, 11) is 6.12.